The highest BCUT2D eigenvalue weighted by molar-refractivity contribution is 7.89. The Morgan fingerprint density at radius 1 is 1.24 bits per heavy atom. The zero-order valence-corrected chi connectivity index (χ0v) is 14.1. The third kappa shape index (κ3) is 5.74. The summed E-state index contributed by atoms with van der Waals surface area (Å²) >= 11 is 0. The molecule has 0 saturated heterocycles. The molecule has 0 spiro atoms. The number of hydrogen-bond acceptors (Lipinski definition) is 4. The quantitative estimate of drug-likeness (QED) is 0.750. The van der Waals surface area contributed by atoms with E-state index in [1.165, 1.54) is 4.31 Å². The van der Waals surface area contributed by atoms with Crippen molar-refractivity contribution in [3.63, 3.8) is 0 Å². The van der Waals surface area contributed by atoms with Crippen LogP contribution in [0.15, 0.2) is 29.2 Å². The third-order valence-electron chi connectivity index (χ3n) is 3.15. The lowest BCUT2D eigenvalue weighted by Gasteiger charge is -2.18. The number of nitrogens with zero attached hydrogens (tertiary/aromatic N) is 1. The van der Waals surface area contributed by atoms with Crippen LogP contribution in [0.4, 0.5) is 0 Å². The van der Waals surface area contributed by atoms with E-state index < -0.39 is 10.0 Å². The molecule has 120 valence electrons. The summed E-state index contributed by atoms with van der Waals surface area (Å²) in [5, 5.41) is 3.07. The number of rotatable bonds is 9. The van der Waals surface area contributed by atoms with Crippen molar-refractivity contribution in [2.75, 3.05) is 33.8 Å². The van der Waals surface area contributed by atoms with Gasteiger partial charge in [0.15, 0.2) is 0 Å². The van der Waals surface area contributed by atoms with Crippen LogP contribution in [0.25, 0.3) is 0 Å². The van der Waals surface area contributed by atoms with Gasteiger partial charge in [0.25, 0.3) is 0 Å². The maximum Gasteiger partial charge on any atom is 0.242 e. The molecule has 1 aromatic rings. The summed E-state index contributed by atoms with van der Waals surface area (Å²) in [5.41, 5.74) is 1.12. The largest absolute Gasteiger partial charge is 0.377 e. The maximum absolute atomic E-state index is 12.4. The average Bonchev–Trinajstić information content (AvgIpc) is 2.45. The molecule has 21 heavy (non-hydrogen) atoms. The molecule has 0 radical (unpaired) electrons. The van der Waals surface area contributed by atoms with E-state index in [0.717, 1.165) is 18.5 Å². The van der Waals surface area contributed by atoms with Crippen molar-refractivity contribution in [3.05, 3.63) is 29.8 Å². The van der Waals surface area contributed by atoms with Gasteiger partial charge in [-0.25, -0.2) is 8.42 Å². The van der Waals surface area contributed by atoms with Crippen LogP contribution < -0.4 is 5.32 Å². The molecule has 1 aromatic carbocycles. The van der Waals surface area contributed by atoms with E-state index in [9.17, 15) is 8.42 Å². The summed E-state index contributed by atoms with van der Waals surface area (Å²) in [4.78, 5) is 0.322. The molecule has 0 saturated carbocycles. The predicted octanol–water partition coefficient (Wildman–Crippen LogP) is 1.49. The fraction of sp³-hybridized carbons (Fsp3) is 0.600. The Morgan fingerprint density at radius 2 is 1.86 bits per heavy atom. The van der Waals surface area contributed by atoms with Crippen LogP contribution in [0.5, 0.6) is 0 Å². The van der Waals surface area contributed by atoms with Crippen LogP contribution in [0.3, 0.4) is 0 Å². The van der Waals surface area contributed by atoms with Gasteiger partial charge in [0.05, 0.1) is 17.6 Å². The maximum atomic E-state index is 12.4. The van der Waals surface area contributed by atoms with Gasteiger partial charge < -0.3 is 10.1 Å². The van der Waals surface area contributed by atoms with Gasteiger partial charge in [-0.2, -0.15) is 4.31 Å². The molecular weight excluding hydrogens is 288 g/mol. The average molecular weight is 314 g/mol. The number of likely N-dealkylation sites (N-methyl/N-ethyl adjacent to an activating group) is 2. The fourth-order valence-electron chi connectivity index (χ4n) is 1.81. The van der Waals surface area contributed by atoms with E-state index in [1.807, 2.05) is 33.0 Å². The molecule has 0 aliphatic rings. The van der Waals surface area contributed by atoms with Crippen LogP contribution in [0.2, 0.25) is 0 Å². The van der Waals surface area contributed by atoms with Crippen LogP contribution in [0, 0.1) is 0 Å². The zero-order chi connectivity index (χ0) is 15.9. The Bertz CT molecular complexity index is 512. The molecule has 1 rings (SSSR count). The molecule has 0 unspecified atom stereocenters. The molecule has 0 aliphatic heterocycles. The Morgan fingerprint density at radius 3 is 2.38 bits per heavy atom. The molecule has 6 heteroatoms. The van der Waals surface area contributed by atoms with Crippen molar-refractivity contribution >= 4 is 10.0 Å². The Kier molecular flexibility index (Phi) is 7.31. The molecule has 0 heterocycles. The standard InChI is InChI=1S/C15H26N2O3S/c1-13(2)20-12-11-17(4)21(18,19)15-7-5-14(6-8-15)9-10-16-3/h5-8,13,16H,9-12H2,1-4H3. The number of nitrogens with one attached hydrogen (secondary N) is 1. The first-order valence-corrected chi connectivity index (χ1v) is 8.63. The second kappa shape index (κ2) is 8.48. The molecule has 1 N–H and O–H groups in total. The summed E-state index contributed by atoms with van der Waals surface area (Å²) in [6.07, 6.45) is 0.988. The van der Waals surface area contributed by atoms with Crippen molar-refractivity contribution in [1.82, 2.24) is 9.62 Å². The van der Waals surface area contributed by atoms with Crippen molar-refractivity contribution < 1.29 is 13.2 Å². The molecular formula is C15H26N2O3S. The van der Waals surface area contributed by atoms with Gasteiger partial charge in [0.1, 0.15) is 0 Å². The predicted molar refractivity (Wildman–Crippen MR) is 85.0 cm³/mol. The number of benzene rings is 1. The first kappa shape index (κ1) is 18.1. The molecule has 0 fully saturated rings. The van der Waals surface area contributed by atoms with Gasteiger partial charge in [-0.3, -0.25) is 0 Å². The van der Waals surface area contributed by atoms with Crippen LogP contribution in [0.1, 0.15) is 19.4 Å². The minimum absolute atomic E-state index is 0.104. The van der Waals surface area contributed by atoms with E-state index in [4.69, 9.17) is 4.74 Å². The lowest BCUT2D eigenvalue weighted by atomic mass is 10.1. The SMILES string of the molecule is CNCCc1ccc(S(=O)(=O)N(C)CCOC(C)C)cc1. The molecule has 0 aromatic heterocycles. The fourth-order valence-corrected chi connectivity index (χ4v) is 2.97. The lowest BCUT2D eigenvalue weighted by molar-refractivity contribution is 0.0737. The van der Waals surface area contributed by atoms with Crippen LogP contribution in [-0.2, 0) is 21.2 Å². The summed E-state index contributed by atoms with van der Waals surface area (Å²) in [6, 6.07) is 7.06. The van der Waals surface area contributed by atoms with E-state index in [0.29, 0.717) is 18.0 Å². The Hall–Kier alpha value is -0.950. The van der Waals surface area contributed by atoms with Gasteiger partial charge in [-0.05, 0) is 51.6 Å². The van der Waals surface area contributed by atoms with Crippen LogP contribution >= 0.6 is 0 Å². The molecule has 0 atom stereocenters. The first-order chi connectivity index (χ1) is 9.87. The summed E-state index contributed by atoms with van der Waals surface area (Å²) < 4.78 is 31.5. The molecule has 5 nitrogen and oxygen atoms in total. The topological polar surface area (TPSA) is 58.6 Å². The number of hydrogen-bond donors (Lipinski definition) is 1. The second-order valence-corrected chi connectivity index (χ2v) is 7.29. The van der Waals surface area contributed by atoms with E-state index in [2.05, 4.69) is 5.32 Å². The molecule has 0 aliphatic carbocycles. The summed E-state index contributed by atoms with van der Waals surface area (Å²) in [6.45, 7) is 5.48. The normalized spacial score (nSPS) is 12.3. The summed E-state index contributed by atoms with van der Waals surface area (Å²) in [5.74, 6) is 0. The molecule has 0 bridgehead atoms. The van der Waals surface area contributed by atoms with E-state index >= 15 is 0 Å². The Balaban J connectivity index is 2.68. The van der Waals surface area contributed by atoms with Gasteiger partial charge in [-0.1, -0.05) is 12.1 Å². The minimum Gasteiger partial charge on any atom is -0.377 e. The van der Waals surface area contributed by atoms with E-state index in [-0.39, 0.29) is 6.10 Å². The van der Waals surface area contributed by atoms with Crippen LogP contribution in [-0.4, -0.2) is 52.6 Å². The highest BCUT2D eigenvalue weighted by atomic mass is 32.2. The van der Waals surface area contributed by atoms with Gasteiger partial charge in [0, 0.05) is 13.6 Å². The molecule has 0 amide bonds. The van der Waals surface area contributed by atoms with Gasteiger partial charge >= 0.3 is 0 Å². The van der Waals surface area contributed by atoms with E-state index in [1.54, 1.807) is 19.2 Å². The number of sulfonamides is 1. The second-order valence-electron chi connectivity index (χ2n) is 5.24. The van der Waals surface area contributed by atoms with Gasteiger partial charge in [0.2, 0.25) is 10.0 Å². The highest BCUT2D eigenvalue weighted by Crippen LogP contribution is 2.15. The van der Waals surface area contributed by atoms with Crippen molar-refractivity contribution in [2.24, 2.45) is 0 Å². The van der Waals surface area contributed by atoms with Gasteiger partial charge in [-0.15, -0.1) is 0 Å². The zero-order valence-electron chi connectivity index (χ0n) is 13.3. The van der Waals surface area contributed by atoms with Crippen molar-refractivity contribution in [1.29, 1.82) is 0 Å². The third-order valence-corrected chi connectivity index (χ3v) is 5.02. The Labute approximate surface area is 128 Å². The number of ether oxygens (including phenoxy) is 1. The summed E-state index contributed by atoms with van der Waals surface area (Å²) in [7, 11) is 0.0367. The highest BCUT2D eigenvalue weighted by Gasteiger charge is 2.20. The minimum atomic E-state index is -3.44. The first-order valence-electron chi connectivity index (χ1n) is 7.19. The monoisotopic (exact) mass is 314 g/mol. The van der Waals surface area contributed by atoms with Crippen molar-refractivity contribution in [3.8, 4) is 0 Å². The lowest BCUT2D eigenvalue weighted by Crippen LogP contribution is -2.30. The smallest absolute Gasteiger partial charge is 0.242 e. The van der Waals surface area contributed by atoms with Crippen molar-refractivity contribution in [2.45, 2.75) is 31.3 Å².